The van der Waals surface area contributed by atoms with Gasteiger partial charge in [-0.3, -0.25) is 4.79 Å². The summed E-state index contributed by atoms with van der Waals surface area (Å²) in [6.45, 7) is 8.22. The summed E-state index contributed by atoms with van der Waals surface area (Å²) in [6, 6.07) is 13.8. The molecule has 0 unspecified atom stereocenters. The van der Waals surface area contributed by atoms with Gasteiger partial charge in [0.2, 0.25) is 5.91 Å². The summed E-state index contributed by atoms with van der Waals surface area (Å²) < 4.78 is 7.02. The highest BCUT2D eigenvalue weighted by molar-refractivity contribution is 5.78. The Morgan fingerprint density at radius 1 is 0.931 bits per heavy atom. The van der Waals surface area contributed by atoms with Crippen molar-refractivity contribution < 1.29 is 18.9 Å². The largest absolute Gasteiger partial charge is 0.412 e. The van der Waals surface area contributed by atoms with E-state index >= 15 is 0 Å². The molecule has 0 saturated carbocycles. The second kappa shape index (κ2) is 11.2. The third-order valence-electron chi connectivity index (χ3n) is 4.81. The number of carbonyl (C=O) groups is 2. The third-order valence-corrected chi connectivity index (χ3v) is 4.81. The van der Waals surface area contributed by atoms with Gasteiger partial charge in [0.15, 0.2) is 12.4 Å². The molecule has 2 N–H and O–H groups in total. The number of ether oxygens (including phenoxy) is 1. The van der Waals surface area contributed by atoms with Crippen molar-refractivity contribution in [1.29, 1.82) is 0 Å². The molecule has 2 atom stereocenters. The standard InChI is InChI=1S/C23H31N3O3/c1-17(2)19(4)25-22(27)15-21-10-12-26(13-11-21)16-29-23(28)24-18(3)14-20-8-6-5-7-9-20/h5-13,17-19H,14-16H2,1-4H3,(H-,24,25,27,28)/p+1/t18-,19+/m0/s1. The Balaban J connectivity index is 1.73. The number of pyridine rings is 1. The van der Waals surface area contributed by atoms with Gasteiger partial charge in [0, 0.05) is 24.2 Å². The highest BCUT2D eigenvalue weighted by Crippen LogP contribution is 2.04. The molecule has 0 aliphatic carbocycles. The fraction of sp³-hybridized carbons (Fsp3) is 0.435. The zero-order valence-corrected chi connectivity index (χ0v) is 17.7. The van der Waals surface area contributed by atoms with Gasteiger partial charge >= 0.3 is 6.09 Å². The number of carbonyl (C=O) groups excluding carboxylic acids is 2. The van der Waals surface area contributed by atoms with Crippen LogP contribution in [0, 0.1) is 5.92 Å². The van der Waals surface area contributed by atoms with E-state index in [4.69, 9.17) is 4.74 Å². The Kier molecular flexibility index (Phi) is 8.65. The molecule has 1 heterocycles. The lowest BCUT2D eigenvalue weighted by molar-refractivity contribution is -0.727. The minimum absolute atomic E-state index is 0.00646. The van der Waals surface area contributed by atoms with Crippen LogP contribution >= 0.6 is 0 Å². The fourth-order valence-corrected chi connectivity index (χ4v) is 2.74. The molecule has 0 aliphatic heterocycles. The average molecular weight is 399 g/mol. The summed E-state index contributed by atoms with van der Waals surface area (Å²) in [6.07, 6.45) is 4.22. The van der Waals surface area contributed by atoms with Crippen molar-refractivity contribution >= 4 is 12.0 Å². The maximum Gasteiger partial charge on any atom is 0.412 e. The number of nitrogens with zero attached hydrogens (tertiary/aromatic N) is 1. The molecule has 0 spiro atoms. The van der Waals surface area contributed by atoms with Gasteiger partial charge in [0.1, 0.15) is 0 Å². The lowest BCUT2D eigenvalue weighted by Crippen LogP contribution is -2.40. The van der Waals surface area contributed by atoms with Crippen LogP contribution in [0.4, 0.5) is 4.79 Å². The highest BCUT2D eigenvalue weighted by atomic mass is 16.6. The number of alkyl carbamates (subject to hydrolysis) is 1. The zero-order valence-electron chi connectivity index (χ0n) is 17.7. The molecular formula is C23H32N3O3+. The fourth-order valence-electron chi connectivity index (χ4n) is 2.74. The van der Waals surface area contributed by atoms with E-state index < -0.39 is 6.09 Å². The summed E-state index contributed by atoms with van der Waals surface area (Å²) in [5.41, 5.74) is 2.08. The molecule has 2 aromatic rings. The van der Waals surface area contributed by atoms with E-state index in [2.05, 4.69) is 24.5 Å². The third kappa shape index (κ3) is 8.34. The SMILES string of the molecule is CC(C)[C@@H](C)NC(=O)Cc1cc[n+](COC(=O)N[C@@H](C)Cc2ccccc2)cc1. The topological polar surface area (TPSA) is 71.3 Å². The van der Waals surface area contributed by atoms with Crippen LogP contribution < -0.4 is 15.2 Å². The Morgan fingerprint density at radius 2 is 1.59 bits per heavy atom. The number of aromatic nitrogens is 1. The molecule has 2 amide bonds. The molecule has 1 aromatic heterocycles. The minimum atomic E-state index is -0.452. The first-order valence-electron chi connectivity index (χ1n) is 10.1. The molecular weight excluding hydrogens is 366 g/mol. The highest BCUT2D eigenvalue weighted by Gasteiger charge is 2.13. The maximum atomic E-state index is 12.1. The van der Waals surface area contributed by atoms with Gasteiger partial charge in [-0.1, -0.05) is 44.2 Å². The van der Waals surface area contributed by atoms with Crippen LogP contribution in [0.5, 0.6) is 0 Å². The van der Waals surface area contributed by atoms with Crippen molar-refractivity contribution in [3.05, 3.63) is 66.0 Å². The Labute approximate surface area is 173 Å². The van der Waals surface area contributed by atoms with Crippen LogP contribution in [-0.4, -0.2) is 24.1 Å². The van der Waals surface area contributed by atoms with E-state index in [0.717, 1.165) is 17.5 Å². The van der Waals surface area contributed by atoms with E-state index in [1.165, 1.54) is 0 Å². The van der Waals surface area contributed by atoms with Crippen LogP contribution in [0.15, 0.2) is 54.9 Å². The van der Waals surface area contributed by atoms with Crippen LogP contribution in [-0.2, 0) is 29.1 Å². The number of hydrogen-bond acceptors (Lipinski definition) is 3. The van der Waals surface area contributed by atoms with E-state index in [1.54, 1.807) is 17.0 Å². The molecule has 0 radical (unpaired) electrons. The molecule has 29 heavy (non-hydrogen) atoms. The molecule has 0 aliphatic rings. The molecule has 2 rings (SSSR count). The number of nitrogens with one attached hydrogen (secondary N) is 2. The smallest absolute Gasteiger partial charge is 0.388 e. The van der Waals surface area contributed by atoms with Crippen molar-refractivity contribution in [2.45, 2.75) is 59.4 Å². The molecule has 0 bridgehead atoms. The number of rotatable bonds is 9. The maximum absolute atomic E-state index is 12.1. The molecule has 6 nitrogen and oxygen atoms in total. The number of amides is 2. The molecule has 6 heteroatoms. The van der Waals surface area contributed by atoms with Gasteiger partial charge in [0.25, 0.3) is 6.73 Å². The molecule has 1 aromatic carbocycles. The van der Waals surface area contributed by atoms with Crippen LogP contribution in [0.2, 0.25) is 0 Å². The minimum Gasteiger partial charge on any atom is -0.388 e. The quantitative estimate of drug-likeness (QED) is 0.638. The van der Waals surface area contributed by atoms with E-state index in [9.17, 15) is 9.59 Å². The van der Waals surface area contributed by atoms with Crippen molar-refractivity contribution in [1.82, 2.24) is 10.6 Å². The second-order valence-corrected chi connectivity index (χ2v) is 7.79. The summed E-state index contributed by atoms with van der Waals surface area (Å²) in [5, 5.41) is 5.83. The van der Waals surface area contributed by atoms with Crippen LogP contribution in [0.1, 0.15) is 38.8 Å². The summed E-state index contributed by atoms with van der Waals surface area (Å²) in [7, 11) is 0. The molecule has 0 saturated heterocycles. The van der Waals surface area contributed by atoms with Crippen molar-refractivity contribution in [2.75, 3.05) is 0 Å². The van der Waals surface area contributed by atoms with Gasteiger partial charge in [0.05, 0.1) is 6.42 Å². The van der Waals surface area contributed by atoms with E-state index in [0.29, 0.717) is 12.3 Å². The van der Waals surface area contributed by atoms with Crippen LogP contribution in [0.3, 0.4) is 0 Å². The van der Waals surface area contributed by atoms with Gasteiger partial charge < -0.3 is 15.4 Å². The first-order chi connectivity index (χ1) is 13.8. The van der Waals surface area contributed by atoms with Gasteiger partial charge in [-0.15, -0.1) is 0 Å². The van der Waals surface area contributed by atoms with Crippen molar-refractivity contribution in [3.8, 4) is 0 Å². The lowest BCUT2D eigenvalue weighted by Gasteiger charge is -2.17. The Morgan fingerprint density at radius 3 is 2.21 bits per heavy atom. The number of benzene rings is 1. The zero-order chi connectivity index (χ0) is 21.2. The van der Waals surface area contributed by atoms with Crippen LogP contribution in [0.25, 0.3) is 0 Å². The van der Waals surface area contributed by atoms with Crippen molar-refractivity contribution in [2.24, 2.45) is 5.92 Å². The van der Waals surface area contributed by atoms with Crippen molar-refractivity contribution in [3.63, 3.8) is 0 Å². The lowest BCUT2D eigenvalue weighted by atomic mass is 10.1. The van der Waals surface area contributed by atoms with E-state index in [-0.39, 0.29) is 24.7 Å². The summed E-state index contributed by atoms with van der Waals surface area (Å²) in [4.78, 5) is 24.1. The Bertz CT molecular complexity index is 776. The molecule has 0 fully saturated rings. The Hall–Kier alpha value is -2.89. The second-order valence-electron chi connectivity index (χ2n) is 7.79. The first kappa shape index (κ1) is 22.4. The van der Waals surface area contributed by atoms with Gasteiger partial charge in [-0.2, -0.15) is 4.57 Å². The predicted octanol–water partition coefficient (Wildman–Crippen LogP) is 2.99. The predicted molar refractivity (Wildman–Crippen MR) is 112 cm³/mol. The van der Waals surface area contributed by atoms with Gasteiger partial charge in [-0.25, -0.2) is 4.79 Å². The van der Waals surface area contributed by atoms with E-state index in [1.807, 2.05) is 56.3 Å². The monoisotopic (exact) mass is 398 g/mol. The van der Waals surface area contributed by atoms with Gasteiger partial charge in [-0.05, 0) is 37.3 Å². The average Bonchev–Trinajstić information content (AvgIpc) is 2.68. The summed E-state index contributed by atoms with van der Waals surface area (Å²) >= 11 is 0. The molecule has 156 valence electrons. The summed E-state index contributed by atoms with van der Waals surface area (Å²) in [5.74, 6) is 0.405. The number of hydrogen-bond donors (Lipinski definition) is 2. The first-order valence-corrected chi connectivity index (χ1v) is 10.1. The normalized spacial score (nSPS) is 12.9.